The number of nitrogens with one attached hydrogen (secondary N) is 2. The lowest BCUT2D eigenvalue weighted by Gasteiger charge is -2.26. The van der Waals surface area contributed by atoms with Crippen molar-refractivity contribution in [3.05, 3.63) is 78.5 Å². The number of carbonyl (C=O) groups excluding carboxylic acids is 1. The molecule has 7 nitrogen and oxygen atoms in total. The number of halogens is 1. The number of aromatic nitrogens is 3. The van der Waals surface area contributed by atoms with Crippen LogP contribution in [0.4, 0.5) is 10.2 Å². The molecular weight excluding hydrogens is 409 g/mol. The third kappa shape index (κ3) is 4.40. The predicted molar refractivity (Wildman–Crippen MR) is 119 cm³/mol. The molecule has 0 bridgehead atoms. The molecule has 0 saturated carbocycles. The molecule has 1 saturated heterocycles. The molecule has 1 aliphatic rings. The summed E-state index contributed by atoms with van der Waals surface area (Å²) in [4.78, 5) is 25.6. The Labute approximate surface area is 183 Å². The number of anilines is 1. The maximum atomic E-state index is 13.1. The van der Waals surface area contributed by atoms with Crippen LogP contribution in [0.1, 0.15) is 10.4 Å². The van der Waals surface area contributed by atoms with E-state index in [-0.39, 0.29) is 5.91 Å². The van der Waals surface area contributed by atoms with Gasteiger partial charge in [0.1, 0.15) is 11.6 Å². The van der Waals surface area contributed by atoms with E-state index in [2.05, 4.69) is 25.6 Å². The zero-order valence-corrected chi connectivity index (χ0v) is 17.1. The van der Waals surface area contributed by atoms with Gasteiger partial charge in [-0.25, -0.2) is 14.4 Å². The summed E-state index contributed by atoms with van der Waals surface area (Å²) in [6.07, 6.45) is 5.00. The fourth-order valence-electron chi connectivity index (χ4n) is 3.38. The second-order valence-electron chi connectivity index (χ2n) is 7.67. The zero-order valence-electron chi connectivity index (χ0n) is 17.1. The molecule has 0 radical (unpaired) electrons. The lowest BCUT2D eigenvalue weighted by atomic mass is 10.1. The highest BCUT2D eigenvalue weighted by atomic mass is 19.1. The maximum Gasteiger partial charge on any atom is 0.256 e. The van der Waals surface area contributed by atoms with Crippen LogP contribution in [0.5, 0.6) is 5.88 Å². The van der Waals surface area contributed by atoms with E-state index in [1.807, 2.05) is 18.2 Å². The van der Waals surface area contributed by atoms with Crippen LogP contribution in [0.15, 0.2) is 67.1 Å². The van der Waals surface area contributed by atoms with E-state index >= 15 is 0 Å². The number of nitrogens with zero attached hydrogens (tertiary/aromatic N) is 3. The molecule has 0 unspecified atom stereocenters. The van der Waals surface area contributed by atoms with Crippen molar-refractivity contribution in [3.63, 3.8) is 0 Å². The van der Waals surface area contributed by atoms with Crippen molar-refractivity contribution < 1.29 is 13.9 Å². The van der Waals surface area contributed by atoms with Crippen LogP contribution in [0.3, 0.4) is 0 Å². The topological polar surface area (TPSA) is 89.0 Å². The van der Waals surface area contributed by atoms with Crippen LogP contribution in [-0.2, 0) is 0 Å². The van der Waals surface area contributed by atoms with Gasteiger partial charge in [0.2, 0.25) is 5.88 Å². The molecule has 1 aliphatic heterocycles. The van der Waals surface area contributed by atoms with Gasteiger partial charge in [0.25, 0.3) is 5.91 Å². The zero-order chi connectivity index (χ0) is 21.9. The monoisotopic (exact) mass is 429 g/mol. The summed E-state index contributed by atoms with van der Waals surface area (Å²) in [5, 5.41) is 7.78. The molecule has 2 N–H and O–H groups in total. The van der Waals surface area contributed by atoms with Crippen LogP contribution >= 0.6 is 0 Å². The van der Waals surface area contributed by atoms with Crippen molar-refractivity contribution in [2.45, 2.75) is 0 Å². The van der Waals surface area contributed by atoms with Gasteiger partial charge in [0.15, 0.2) is 0 Å². The molecular formula is C24H20FN5O2. The Morgan fingerprint density at radius 1 is 1.06 bits per heavy atom. The Bertz CT molecular complexity index is 1280. The first-order valence-electron chi connectivity index (χ1n) is 10.3. The Morgan fingerprint density at radius 3 is 2.69 bits per heavy atom. The van der Waals surface area contributed by atoms with E-state index in [0.717, 1.165) is 29.4 Å². The number of amides is 1. The summed E-state index contributed by atoms with van der Waals surface area (Å²) in [6.45, 7) is 2.54. The number of pyridine rings is 1. The molecule has 1 amide bonds. The molecule has 32 heavy (non-hydrogen) atoms. The molecule has 3 heterocycles. The minimum atomic E-state index is -0.393. The largest absolute Gasteiger partial charge is 0.476 e. The molecule has 0 atom stereocenters. The van der Waals surface area contributed by atoms with Crippen LogP contribution in [0.2, 0.25) is 0 Å². The SMILES string of the molecule is O=C(Nc1cc2cc(-c3cncc(OCC4CNC4)n3)ccc2cn1)c1ccc(F)cc1. The van der Waals surface area contributed by atoms with Crippen molar-refractivity contribution in [2.75, 3.05) is 25.0 Å². The normalized spacial score (nSPS) is 13.5. The first kappa shape index (κ1) is 20.0. The number of rotatable bonds is 6. The van der Waals surface area contributed by atoms with Crippen molar-refractivity contribution in [1.82, 2.24) is 20.3 Å². The number of benzene rings is 2. The van der Waals surface area contributed by atoms with Gasteiger partial charge in [0, 0.05) is 41.7 Å². The Morgan fingerprint density at radius 2 is 1.91 bits per heavy atom. The molecule has 160 valence electrons. The molecule has 2 aromatic carbocycles. The van der Waals surface area contributed by atoms with E-state index in [1.165, 1.54) is 24.3 Å². The highest BCUT2D eigenvalue weighted by molar-refractivity contribution is 6.04. The summed E-state index contributed by atoms with van der Waals surface area (Å²) >= 11 is 0. The minimum Gasteiger partial charge on any atom is -0.476 e. The quantitative estimate of drug-likeness (QED) is 0.486. The van der Waals surface area contributed by atoms with Crippen LogP contribution in [-0.4, -0.2) is 40.6 Å². The lowest BCUT2D eigenvalue weighted by Crippen LogP contribution is -2.45. The van der Waals surface area contributed by atoms with Gasteiger partial charge in [0.05, 0.1) is 24.7 Å². The Balaban J connectivity index is 1.36. The van der Waals surface area contributed by atoms with Crippen molar-refractivity contribution >= 4 is 22.5 Å². The van der Waals surface area contributed by atoms with E-state index < -0.39 is 5.82 Å². The van der Waals surface area contributed by atoms with Gasteiger partial charge in [-0.05, 0) is 41.8 Å². The first-order chi connectivity index (χ1) is 15.6. The van der Waals surface area contributed by atoms with Crippen molar-refractivity contribution in [1.29, 1.82) is 0 Å². The second kappa shape index (κ2) is 8.68. The van der Waals surface area contributed by atoms with E-state index in [1.54, 1.807) is 24.7 Å². The van der Waals surface area contributed by atoms with E-state index in [0.29, 0.717) is 35.5 Å². The summed E-state index contributed by atoms with van der Waals surface area (Å²) in [7, 11) is 0. The molecule has 1 fully saturated rings. The van der Waals surface area contributed by atoms with Gasteiger partial charge < -0.3 is 15.4 Å². The lowest BCUT2D eigenvalue weighted by molar-refractivity contribution is 0.102. The van der Waals surface area contributed by atoms with E-state index in [4.69, 9.17) is 4.74 Å². The molecule has 0 aliphatic carbocycles. The van der Waals surface area contributed by atoms with Crippen molar-refractivity contribution in [3.8, 4) is 17.1 Å². The van der Waals surface area contributed by atoms with E-state index in [9.17, 15) is 9.18 Å². The minimum absolute atomic E-state index is 0.354. The highest BCUT2D eigenvalue weighted by Gasteiger charge is 2.17. The summed E-state index contributed by atoms with van der Waals surface area (Å²) < 4.78 is 18.9. The summed E-state index contributed by atoms with van der Waals surface area (Å²) in [5.41, 5.74) is 1.93. The molecule has 4 aromatic rings. The van der Waals surface area contributed by atoms with Crippen LogP contribution in [0, 0.1) is 11.7 Å². The van der Waals surface area contributed by atoms with Crippen LogP contribution in [0.25, 0.3) is 22.0 Å². The van der Waals surface area contributed by atoms with Gasteiger partial charge in [-0.2, -0.15) is 0 Å². The first-order valence-corrected chi connectivity index (χ1v) is 10.3. The third-order valence-electron chi connectivity index (χ3n) is 5.31. The third-order valence-corrected chi connectivity index (χ3v) is 5.31. The summed E-state index contributed by atoms with van der Waals surface area (Å²) in [5.74, 6) is 0.663. The predicted octanol–water partition coefficient (Wildman–Crippen LogP) is 3.68. The van der Waals surface area contributed by atoms with Gasteiger partial charge in [-0.3, -0.25) is 9.78 Å². The summed E-state index contributed by atoms with van der Waals surface area (Å²) in [6, 6.07) is 13.0. The molecule has 2 aromatic heterocycles. The smallest absolute Gasteiger partial charge is 0.256 e. The molecule has 0 spiro atoms. The number of hydrogen-bond donors (Lipinski definition) is 2. The number of ether oxygens (including phenoxy) is 1. The fourth-order valence-corrected chi connectivity index (χ4v) is 3.38. The van der Waals surface area contributed by atoms with Gasteiger partial charge >= 0.3 is 0 Å². The second-order valence-corrected chi connectivity index (χ2v) is 7.67. The average molecular weight is 429 g/mol. The Kier molecular flexibility index (Phi) is 5.43. The van der Waals surface area contributed by atoms with Crippen molar-refractivity contribution in [2.24, 2.45) is 5.92 Å². The molecule has 5 rings (SSSR count). The standard InChI is InChI=1S/C24H20FN5O2/c25-20-5-3-16(4-6-20)24(31)30-22-8-19-7-17(1-2-18(19)11-28-22)21-12-27-13-23(29-21)32-14-15-9-26-10-15/h1-8,11-13,15,26H,9-10,14H2,(H,28,30,31). The number of hydrogen-bond acceptors (Lipinski definition) is 6. The fraction of sp³-hybridized carbons (Fsp3) is 0.167. The Hall–Kier alpha value is -3.91. The number of fused-ring (bicyclic) bond motifs is 1. The number of carbonyl (C=O) groups is 1. The highest BCUT2D eigenvalue weighted by Crippen LogP contribution is 2.25. The molecule has 8 heteroatoms. The van der Waals surface area contributed by atoms with Gasteiger partial charge in [-0.1, -0.05) is 12.1 Å². The van der Waals surface area contributed by atoms with Gasteiger partial charge in [-0.15, -0.1) is 0 Å². The maximum absolute atomic E-state index is 13.1. The average Bonchev–Trinajstić information content (AvgIpc) is 2.78. The van der Waals surface area contributed by atoms with Crippen LogP contribution < -0.4 is 15.4 Å².